The van der Waals surface area contributed by atoms with Gasteiger partial charge in [-0.2, -0.15) is 0 Å². The van der Waals surface area contributed by atoms with Gasteiger partial charge in [0.05, 0.1) is 32.5 Å². The lowest BCUT2D eigenvalue weighted by Crippen LogP contribution is -2.46. The van der Waals surface area contributed by atoms with Crippen LogP contribution in [0.1, 0.15) is 6.42 Å². The molecule has 2 aliphatic heterocycles. The van der Waals surface area contributed by atoms with Crippen molar-refractivity contribution in [3.63, 3.8) is 0 Å². The third-order valence-corrected chi connectivity index (χ3v) is 8.51. The number of nitro benzene ring substituents is 1. The zero-order valence-corrected chi connectivity index (χ0v) is 20.2. The van der Waals surface area contributed by atoms with E-state index < -0.39 is 4.92 Å². The molecular weight excluding hydrogens is 491 g/mol. The molecule has 2 aromatic carbocycles. The molecule has 0 unspecified atom stereocenters. The first-order valence-corrected chi connectivity index (χ1v) is 12.4. The second-order valence-corrected chi connectivity index (χ2v) is 10.3. The average Bonchev–Trinajstić information content (AvgIpc) is 3.54. The van der Waals surface area contributed by atoms with Crippen LogP contribution in [0, 0.1) is 33.8 Å². The summed E-state index contributed by atoms with van der Waals surface area (Å²) in [6.45, 7) is 2.45. The minimum atomic E-state index is -0.443. The van der Waals surface area contributed by atoms with Crippen LogP contribution in [0.5, 0.6) is 0 Å². The molecule has 4 aliphatic rings. The van der Waals surface area contributed by atoms with Gasteiger partial charge in [0, 0.05) is 37.9 Å². The molecule has 2 aromatic rings. The molecule has 2 amide bonds. The van der Waals surface area contributed by atoms with Gasteiger partial charge in [-0.25, -0.2) is 4.90 Å². The molecule has 2 aliphatic carbocycles. The smallest absolute Gasteiger partial charge is 0.294 e. The van der Waals surface area contributed by atoms with Crippen LogP contribution in [-0.2, 0) is 9.59 Å². The number of amides is 2. The Balaban J connectivity index is 1.23. The molecule has 8 nitrogen and oxygen atoms in total. The monoisotopic (exact) mass is 512 g/mol. The lowest BCUT2D eigenvalue weighted by Gasteiger charge is -2.37. The van der Waals surface area contributed by atoms with E-state index in [-0.39, 0.29) is 46.9 Å². The topological polar surface area (TPSA) is 87.0 Å². The first kappa shape index (κ1) is 22.4. The van der Waals surface area contributed by atoms with E-state index >= 15 is 0 Å². The van der Waals surface area contributed by atoms with Crippen molar-refractivity contribution >= 4 is 57.8 Å². The van der Waals surface area contributed by atoms with Crippen molar-refractivity contribution in [3.8, 4) is 0 Å². The molecule has 35 heavy (non-hydrogen) atoms. The third kappa shape index (κ3) is 3.50. The molecule has 3 fully saturated rings. The zero-order chi connectivity index (χ0) is 24.4. The van der Waals surface area contributed by atoms with Crippen LogP contribution in [0.2, 0.25) is 10.0 Å². The number of allylic oxidation sites excluding steroid dienone is 2. The highest BCUT2D eigenvalue weighted by atomic mass is 35.5. The van der Waals surface area contributed by atoms with E-state index in [1.54, 1.807) is 18.2 Å². The number of imide groups is 1. The predicted octanol–water partition coefficient (Wildman–Crippen LogP) is 4.54. The maximum absolute atomic E-state index is 13.1. The van der Waals surface area contributed by atoms with E-state index in [4.69, 9.17) is 23.2 Å². The normalized spacial score (nSPS) is 27.2. The van der Waals surface area contributed by atoms with Crippen LogP contribution >= 0.6 is 23.2 Å². The fraction of sp³-hybridized carbons (Fsp3) is 0.360. The molecule has 180 valence electrons. The summed E-state index contributed by atoms with van der Waals surface area (Å²) in [5.74, 6) is -0.986. The van der Waals surface area contributed by atoms with Crippen LogP contribution in [0.25, 0.3) is 0 Å². The molecule has 2 bridgehead atoms. The number of nitro groups is 1. The number of anilines is 3. The number of halogens is 2. The van der Waals surface area contributed by atoms with Gasteiger partial charge in [0.15, 0.2) is 0 Å². The van der Waals surface area contributed by atoms with Crippen LogP contribution in [0.4, 0.5) is 22.7 Å². The fourth-order valence-corrected chi connectivity index (χ4v) is 6.40. The number of benzene rings is 2. The predicted molar refractivity (Wildman–Crippen MR) is 134 cm³/mol. The fourth-order valence-electron chi connectivity index (χ4n) is 6.11. The highest BCUT2D eigenvalue weighted by Gasteiger charge is 2.59. The first-order valence-electron chi connectivity index (χ1n) is 11.6. The lowest BCUT2D eigenvalue weighted by atomic mass is 9.85. The van der Waals surface area contributed by atoms with Gasteiger partial charge in [-0.1, -0.05) is 35.4 Å². The SMILES string of the molecule is O=C1[C@@H]2[C@H](C(=O)N1c1ccc(N3CCN(c4ccc(Cl)c(Cl)c4)CC3)c([N+](=O)[O-])c1)[C@H]1C=C[C@H]2C1. The molecule has 0 aromatic heterocycles. The highest BCUT2D eigenvalue weighted by molar-refractivity contribution is 6.42. The van der Waals surface area contributed by atoms with Crippen molar-refractivity contribution in [3.05, 3.63) is 68.7 Å². The second kappa shape index (κ2) is 8.24. The number of nitrogens with zero attached hydrogens (tertiary/aromatic N) is 4. The molecule has 10 heteroatoms. The summed E-state index contributed by atoms with van der Waals surface area (Å²) in [6, 6.07) is 10.2. The van der Waals surface area contributed by atoms with E-state index in [0.717, 1.165) is 12.1 Å². The average molecular weight is 513 g/mol. The van der Waals surface area contributed by atoms with E-state index in [1.807, 2.05) is 29.2 Å². The molecule has 2 heterocycles. The standard InChI is InChI=1S/C25H22Cl2N4O4/c26-18-5-3-16(12-19(18)27)28-7-9-29(10-8-28)20-6-4-17(13-21(20)31(34)35)30-24(32)22-14-1-2-15(11-14)23(22)25(30)33/h1-6,12-15,22-23H,7-11H2/t14-,15-,22-,23+/m0/s1. The number of rotatable bonds is 4. The summed E-state index contributed by atoms with van der Waals surface area (Å²) in [6.07, 6.45) is 4.90. The largest absolute Gasteiger partial charge is 0.368 e. The maximum Gasteiger partial charge on any atom is 0.294 e. The molecule has 4 atom stereocenters. The molecule has 1 saturated carbocycles. The minimum absolute atomic E-state index is 0.0903. The molecule has 2 saturated heterocycles. The number of hydrogen-bond donors (Lipinski definition) is 0. The van der Waals surface area contributed by atoms with Gasteiger partial charge in [-0.3, -0.25) is 19.7 Å². The van der Waals surface area contributed by atoms with Crippen molar-refractivity contribution in [2.75, 3.05) is 40.9 Å². The molecular formula is C25H22Cl2N4O4. The third-order valence-electron chi connectivity index (χ3n) is 7.77. The Bertz CT molecular complexity index is 1260. The Morgan fingerprint density at radius 1 is 0.800 bits per heavy atom. The second-order valence-electron chi connectivity index (χ2n) is 9.51. The van der Waals surface area contributed by atoms with Gasteiger partial charge in [0.1, 0.15) is 5.69 Å². The van der Waals surface area contributed by atoms with E-state index in [9.17, 15) is 19.7 Å². The number of piperazine rings is 1. The van der Waals surface area contributed by atoms with Crippen molar-refractivity contribution in [2.24, 2.45) is 23.7 Å². The zero-order valence-electron chi connectivity index (χ0n) is 18.6. The Labute approximate surface area is 211 Å². The van der Waals surface area contributed by atoms with Crippen molar-refractivity contribution in [2.45, 2.75) is 6.42 Å². The first-order chi connectivity index (χ1) is 16.8. The number of carbonyl (C=O) groups is 2. The van der Waals surface area contributed by atoms with Crippen LogP contribution < -0.4 is 14.7 Å². The van der Waals surface area contributed by atoms with E-state index in [2.05, 4.69) is 4.90 Å². The Kier molecular flexibility index (Phi) is 5.27. The van der Waals surface area contributed by atoms with Gasteiger partial charge in [-0.15, -0.1) is 0 Å². The van der Waals surface area contributed by atoms with Crippen molar-refractivity contribution in [1.82, 2.24) is 0 Å². The summed E-state index contributed by atoms with van der Waals surface area (Å²) in [7, 11) is 0. The van der Waals surface area contributed by atoms with Crippen LogP contribution in [0.15, 0.2) is 48.6 Å². The molecule has 0 N–H and O–H groups in total. The van der Waals surface area contributed by atoms with Crippen molar-refractivity contribution in [1.29, 1.82) is 0 Å². The summed E-state index contributed by atoms with van der Waals surface area (Å²) in [4.78, 5) is 43.1. The van der Waals surface area contributed by atoms with Crippen LogP contribution in [-0.4, -0.2) is 42.9 Å². The van der Waals surface area contributed by atoms with Gasteiger partial charge >= 0.3 is 0 Å². The highest BCUT2D eigenvalue weighted by Crippen LogP contribution is 2.53. The number of fused-ring (bicyclic) bond motifs is 5. The molecule has 0 spiro atoms. The summed E-state index contributed by atoms with van der Waals surface area (Å²) in [5, 5.41) is 13.0. The summed E-state index contributed by atoms with van der Waals surface area (Å²) < 4.78 is 0. The summed E-state index contributed by atoms with van der Waals surface area (Å²) in [5.41, 5.74) is 1.60. The number of hydrogen-bond acceptors (Lipinski definition) is 6. The molecule has 6 rings (SSSR count). The number of carbonyl (C=O) groups excluding carboxylic acids is 2. The minimum Gasteiger partial charge on any atom is -0.368 e. The maximum atomic E-state index is 13.1. The Hall–Kier alpha value is -3.10. The Morgan fingerprint density at radius 2 is 1.40 bits per heavy atom. The van der Waals surface area contributed by atoms with Crippen LogP contribution in [0.3, 0.4) is 0 Å². The lowest BCUT2D eigenvalue weighted by molar-refractivity contribution is -0.384. The van der Waals surface area contributed by atoms with Gasteiger partial charge in [0.25, 0.3) is 5.69 Å². The van der Waals surface area contributed by atoms with Gasteiger partial charge in [-0.05, 0) is 48.6 Å². The van der Waals surface area contributed by atoms with E-state index in [0.29, 0.717) is 41.9 Å². The van der Waals surface area contributed by atoms with Gasteiger partial charge < -0.3 is 9.80 Å². The quantitative estimate of drug-likeness (QED) is 0.258. The van der Waals surface area contributed by atoms with Crippen molar-refractivity contribution < 1.29 is 14.5 Å². The van der Waals surface area contributed by atoms with Gasteiger partial charge in [0.2, 0.25) is 11.8 Å². The Morgan fingerprint density at radius 3 is 2.00 bits per heavy atom. The summed E-state index contributed by atoms with van der Waals surface area (Å²) >= 11 is 12.2. The van der Waals surface area contributed by atoms with E-state index in [1.165, 1.54) is 11.0 Å². The molecule has 0 radical (unpaired) electrons.